The van der Waals surface area contributed by atoms with Crippen LogP contribution in [0.2, 0.25) is 0 Å². The monoisotopic (exact) mass is 414 g/mol. The predicted octanol–water partition coefficient (Wildman–Crippen LogP) is 2.84. The van der Waals surface area contributed by atoms with E-state index in [0.29, 0.717) is 31.0 Å². The molecule has 160 valence electrons. The molecule has 0 radical (unpaired) electrons. The average Bonchev–Trinajstić information content (AvgIpc) is 3.25. The van der Waals surface area contributed by atoms with Gasteiger partial charge in [0.15, 0.2) is 0 Å². The number of likely N-dealkylation sites (tertiary alicyclic amines) is 1. The molecule has 8 heteroatoms. The van der Waals surface area contributed by atoms with Crippen LogP contribution in [0.4, 0.5) is 4.79 Å². The summed E-state index contributed by atoms with van der Waals surface area (Å²) in [6, 6.07) is 2.41. The molecule has 5 atom stereocenters. The Labute approximate surface area is 175 Å². The molecule has 0 spiro atoms. The van der Waals surface area contributed by atoms with Gasteiger partial charge in [-0.25, -0.2) is 4.79 Å². The van der Waals surface area contributed by atoms with Gasteiger partial charge in [-0.2, -0.15) is 5.26 Å². The third-order valence-electron chi connectivity index (χ3n) is 5.92. The number of carbonyl (C=O) groups is 2. The zero-order valence-electron chi connectivity index (χ0n) is 16.1. The van der Waals surface area contributed by atoms with Crippen LogP contribution in [0, 0.1) is 23.2 Å². The lowest BCUT2D eigenvalue weighted by Gasteiger charge is -2.22. The molecule has 0 aromatic heterocycles. The number of ether oxygens (including phenoxy) is 1. The predicted molar refractivity (Wildman–Crippen MR) is 110 cm³/mol. The molecule has 2 saturated carbocycles. The van der Waals surface area contributed by atoms with Crippen molar-refractivity contribution in [3.63, 3.8) is 0 Å². The molecule has 3 rings (SSSR count). The molecule has 7 nitrogen and oxygen atoms in total. The van der Waals surface area contributed by atoms with E-state index >= 15 is 0 Å². The van der Waals surface area contributed by atoms with Crippen molar-refractivity contribution in [1.82, 2.24) is 15.5 Å². The lowest BCUT2D eigenvalue weighted by atomic mass is 10.0. The van der Waals surface area contributed by atoms with Crippen LogP contribution < -0.4 is 10.6 Å². The highest BCUT2D eigenvalue weighted by molar-refractivity contribution is 5.85. The first-order valence-corrected chi connectivity index (χ1v) is 9.86. The number of rotatable bonds is 5. The van der Waals surface area contributed by atoms with Crippen LogP contribution in [0.15, 0.2) is 0 Å². The summed E-state index contributed by atoms with van der Waals surface area (Å²) in [5.41, 5.74) is 0. The molecule has 3 fully saturated rings. The summed E-state index contributed by atoms with van der Waals surface area (Å²) in [5.74, 6) is 1.17. The Hall–Kier alpha value is -1.52. The van der Waals surface area contributed by atoms with E-state index in [2.05, 4.69) is 16.7 Å². The van der Waals surface area contributed by atoms with Gasteiger partial charge >= 0.3 is 6.09 Å². The van der Waals surface area contributed by atoms with Crippen molar-refractivity contribution < 1.29 is 14.3 Å². The summed E-state index contributed by atoms with van der Waals surface area (Å²) < 4.78 is 5.52. The minimum absolute atomic E-state index is 0. The van der Waals surface area contributed by atoms with Crippen LogP contribution in [0.1, 0.15) is 59.8 Å². The van der Waals surface area contributed by atoms with Crippen LogP contribution in [0.5, 0.6) is 0 Å². The number of carbonyl (C=O) groups excluding carboxylic acids is 2. The van der Waals surface area contributed by atoms with Crippen LogP contribution in [-0.4, -0.2) is 54.2 Å². The number of hydrogen-bond donors (Lipinski definition) is 2. The fourth-order valence-electron chi connectivity index (χ4n) is 4.78. The van der Waals surface area contributed by atoms with Crippen LogP contribution in [0.3, 0.4) is 0 Å². The molecule has 28 heavy (non-hydrogen) atoms. The quantitative estimate of drug-likeness (QED) is 0.721. The summed E-state index contributed by atoms with van der Waals surface area (Å²) >= 11 is 0. The molecule has 0 aromatic rings. The first kappa shape index (κ1) is 24.5. The molecular formula is C20H35ClN4O3. The van der Waals surface area contributed by atoms with E-state index in [4.69, 9.17) is 10.00 Å². The molecule has 0 aromatic carbocycles. The Morgan fingerprint density at radius 3 is 2.43 bits per heavy atom. The second-order valence-corrected chi connectivity index (χ2v) is 8.24. The van der Waals surface area contributed by atoms with Gasteiger partial charge in [-0.05, 0) is 64.2 Å². The highest BCUT2D eigenvalue weighted by atomic mass is 35.5. The van der Waals surface area contributed by atoms with Crippen molar-refractivity contribution in [2.45, 2.75) is 84.0 Å². The van der Waals surface area contributed by atoms with Gasteiger partial charge in [-0.1, -0.05) is 7.43 Å². The maximum absolute atomic E-state index is 12.3. The van der Waals surface area contributed by atoms with Crippen molar-refractivity contribution in [2.24, 2.45) is 11.8 Å². The second kappa shape index (κ2) is 10.9. The van der Waals surface area contributed by atoms with Crippen LogP contribution in [-0.2, 0) is 9.53 Å². The van der Waals surface area contributed by atoms with Gasteiger partial charge in [0.2, 0.25) is 5.91 Å². The molecule has 3 aliphatic rings. The van der Waals surface area contributed by atoms with Crippen LogP contribution in [0.25, 0.3) is 0 Å². The number of amides is 2. The number of fused-ring (bicyclic) bond motifs is 1. The normalized spacial score (nSPS) is 30.8. The molecule has 1 heterocycles. The summed E-state index contributed by atoms with van der Waals surface area (Å²) in [6.07, 6.45) is 5.33. The van der Waals surface area contributed by atoms with E-state index in [1.165, 1.54) is 0 Å². The van der Waals surface area contributed by atoms with Crippen molar-refractivity contribution in [3.05, 3.63) is 0 Å². The summed E-state index contributed by atoms with van der Waals surface area (Å²) in [7, 11) is 0. The number of nitrogens with one attached hydrogen (secondary N) is 2. The van der Waals surface area contributed by atoms with E-state index in [1.807, 2.05) is 13.8 Å². The number of nitrogens with zero attached hydrogens (tertiary/aromatic N) is 2. The van der Waals surface area contributed by atoms with E-state index in [9.17, 15) is 9.59 Å². The summed E-state index contributed by atoms with van der Waals surface area (Å²) in [4.78, 5) is 25.8. The minimum Gasteiger partial charge on any atom is -0.446 e. The van der Waals surface area contributed by atoms with Crippen molar-refractivity contribution in [2.75, 3.05) is 13.1 Å². The van der Waals surface area contributed by atoms with Crippen molar-refractivity contribution in [3.8, 4) is 6.07 Å². The fourth-order valence-corrected chi connectivity index (χ4v) is 4.78. The van der Waals surface area contributed by atoms with Crippen LogP contribution >= 0.6 is 12.4 Å². The zero-order chi connectivity index (χ0) is 18.7. The Bertz CT molecular complexity index is 566. The smallest absolute Gasteiger partial charge is 0.407 e. The molecular weight excluding hydrogens is 380 g/mol. The fraction of sp³-hybridized carbons (Fsp3) is 0.850. The molecule has 2 unspecified atom stereocenters. The first-order valence-electron chi connectivity index (χ1n) is 9.86. The van der Waals surface area contributed by atoms with Gasteiger partial charge in [0.25, 0.3) is 0 Å². The third kappa shape index (κ3) is 5.99. The Balaban J connectivity index is 0.00000196. The van der Waals surface area contributed by atoms with Crippen molar-refractivity contribution >= 4 is 24.4 Å². The molecule has 2 aliphatic carbocycles. The molecule has 0 bridgehead atoms. The zero-order valence-corrected chi connectivity index (χ0v) is 17.0. The van der Waals surface area contributed by atoms with E-state index in [0.717, 1.165) is 38.5 Å². The van der Waals surface area contributed by atoms with Gasteiger partial charge in [0.05, 0.1) is 12.6 Å². The minimum atomic E-state index is -0.317. The highest BCUT2D eigenvalue weighted by Gasteiger charge is 2.43. The Morgan fingerprint density at radius 2 is 1.86 bits per heavy atom. The van der Waals surface area contributed by atoms with Crippen molar-refractivity contribution in [1.29, 1.82) is 5.26 Å². The van der Waals surface area contributed by atoms with Gasteiger partial charge in [0, 0.05) is 18.6 Å². The van der Waals surface area contributed by atoms with Gasteiger partial charge in [0.1, 0.15) is 12.1 Å². The highest BCUT2D eigenvalue weighted by Crippen LogP contribution is 2.45. The summed E-state index contributed by atoms with van der Waals surface area (Å²) in [5, 5.41) is 15.3. The van der Waals surface area contributed by atoms with E-state index in [-0.39, 0.29) is 50.0 Å². The molecule has 2 N–H and O–H groups in total. The second-order valence-electron chi connectivity index (χ2n) is 8.24. The average molecular weight is 415 g/mol. The maximum Gasteiger partial charge on any atom is 0.407 e. The molecule has 1 saturated heterocycles. The van der Waals surface area contributed by atoms with Gasteiger partial charge in [-0.3, -0.25) is 4.79 Å². The largest absolute Gasteiger partial charge is 0.446 e. The lowest BCUT2D eigenvalue weighted by Crippen LogP contribution is -2.43. The SMILES string of the molecule is C.CC(C)NC(=O)OC1C[C@H]2CC(NCC(=O)N3CCC[C@H]3C#N)C[C@H]2C1.Cl. The van der Waals surface area contributed by atoms with E-state index in [1.54, 1.807) is 4.90 Å². The number of hydrogen-bond acceptors (Lipinski definition) is 5. The topological polar surface area (TPSA) is 94.5 Å². The van der Waals surface area contributed by atoms with Gasteiger partial charge in [-0.15, -0.1) is 12.4 Å². The number of nitriles is 1. The molecule has 2 amide bonds. The summed E-state index contributed by atoms with van der Waals surface area (Å²) in [6.45, 7) is 4.86. The number of alkyl carbamates (subject to hydrolysis) is 1. The first-order chi connectivity index (χ1) is 12.5. The Kier molecular flexibility index (Phi) is 9.52. The van der Waals surface area contributed by atoms with E-state index < -0.39 is 0 Å². The standard InChI is InChI=1S/C19H30N4O3.CH4.ClH/c1-12(2)22-19(25)26-17-8-13-6-15(7-14(13)9-17)21-11-18(24)23-5-3-4-16(23)10-20;;/h12-17,21H,3-9,11H2,1-2H3,(H,22,25);1H4;1H/t13-,14+,15?,16-,17?;;/m0../s1. The molecule has 1 aliphatic heterocycles. The lowest BCUT2D eigenvalue weighted by molar-refractivity contribution is -0.130. The maximum atomic E-state index is 12.3. The number of halogens is 1. The van der Waals surface area contributed by atoms with Gasteiger partial charge < -0.3 is 20.3 Å². The Morgan fingerprint density at radius 1 is 1.21 bits per heavy atom. The third-order valence-corrected chi connectivity index (χ3v) is 5.92.